The van der Waals surface area contributed by atoms with Gasteiger partial charge in [-0.3, -0.25) is 33.9 Å². The number of aliphatic imine (C=N–C) groups is 1. The van der Waals surface area contributed by atoms with Crippen molar-refractivity contribution in [3.63, 3.8) is 0 Å². The highest BCUT2D eigenvalue weighted by Gasteiger charge is 2.42. The van der Waals surface area contributed by atoms with E-state index in [2.05, 4.69) is 20.9 Å². The molecule has 17 heteroatoms. The molecule has 2 aromatic rings. The van der Waals surface area contributed by atoms with Gasteiger partial charge in [-0.25, -0.2) is 4.79 Å². The molecule has 10 N–H and O–H groups in total. The summed E-state index contributed by atoms with van der Waals surface area (Å²) in [5, 5.41) is 19.0. The number of carbonyl (C=O) groups excluding carboxylic acids is 6. The Bertz CT molecular complexity index is 1840. The van der Waals surface area contributed by atoms with Crippen LogP contribution in [0.4, 0.5) is 10.5 Å². The number of ether oxygens (including phenoxy) is 2. The van der Waals surface area contributed by atoms with Gasteiger partial charge in [0.2, 0.25) is 17.7 Å². The predicted molar refractivity (Wildman–Crippen MR) is 223 cm³/mol. The maximum absolute atomic E-state index is 14.7. The third-order valence-electron chi connectivity index (χ3n) is 9.29. The molecule has 2 aromatic carbocycles. The van der Waals surface area contributed by atoms with Crippen LogP contribution in [-0.2, 0) is 46.3 Å². The van der Waals surface area contributed by atoms with Crippen LogP contribution in [0.5, 0.6) is 5.75 Å². The lowest BCUT2D eigenvalue weighted by Gasteiger charge is -2.40. The number of carbonyl (C=O) groups is 6. The van der Waals surface area contributed by atoms with Crippen molar-refractivity contribution in [2.45, 2.75) is 129 Å². The molecule has 1 aliphatic rings. The second-order valence-electron chi connectivity index (χ2n) is 16.8. The lowest BCUT2D eigenvalue weighted by molar-refractivity contribution is -0.157. The van der Waals surface area contributed by atoms with Crippen molar-refractivity contribution < 1.29 is 43.3 Å². The molecule has 0 saturated heterocycles. The molecule has 0 spiro atoms. The van der Waals surface area contributed by atoms with E-state index >= 15 is 0 Å². The van der Waals surface area contributed by atoms with Crippen molar-refractivity contribution in [1.82, 2.24) is 16.0 Å². The summed E-state index contributed by atoms with van der Waals surface area (Å²) in [6, 6.07) is 8.26. The Morgan fingerprint density at radius 3 is 2.19 bits per heavy atom. The summed E-state index contributed by atoms with van der Waals surface area (Å²) in [5.41, 5.74) is 17.4. The van der Waals surface area contributed by atoms with E-state index in [0.29, 0.717) is 30.4 Å². The Kier molecular flexibility index (Phi) is 17.1. The van der Waals surface area contributed by atoms with Gasteiger partial charge in [0.1, 0.15) is 35.1 Å². The van der Waals surface area contributed by atoms with Gasteiger partial charge >= 0.3 is 12.1 Å². The summed E-state index contributed by atoms with van der Waals surface area (Å²) in [5.74, 6) is -4.53. The van der Waals surface area contributed by atoms with Crippen molar-refractivity contribution in [3.05, 3.63) is 59.2 Å². The average molecular weight is 823 g/mol. The Morgan fingerprint density at radius 2 is 1.58 bits per heavy atom. The summed E-state index contributed by atoms with van der Waals surface area (Å²) < 4.78 is 10.8. The Hall–Kier alpha value is -5.87. The van der Waals surface area contributed by atoms with E-state index in [0.717, 1.165) is 5.56 Å². The van der Waals surface area contributed by atoms with E-state index in [9.17, 15) is 33.9 Å². The van der Waals surface area contributed by atoms with Gasteiger partial charge in [-0.1, -0.05) is 30.3 Å². The maximum Gasteiger partial charge on any atom is 0.407 e. The third kappa shape index (κ3) is 15.8. The number of nitrogens with zero attached hydrogens (tertiary/aromatic N) is 2. The lowest BCUT2D eigenvalue weighted by atomic mass is 9.89. The van der Waals surface area contributed by atoms with Gasteiger partial charge in [0.25, 0.3) is 5.91 Å². The number of aromatic hydroxyl groups is 1. The van der Waals surface area contributed by atoms with Crippen molar-refractivity contribution in [2.75, 3.05) is 18.0 Å². The first kappa shape index (κ1) is 47.5. The van der Waals surface area contributed by atoms with Gasteiger partial charge in [-0.15, -0.1) is 0 Å². The quantitative estimate of drug-likeness (QED) is 0.0469. The average Bonchev–Trinajstić information content (AvgIpc) is 3.10. The molecule has 324 valence electrons. The molecule has 17 nitrogen and oxygen atoms in total. The number of unbranched alkanes of at least 4 members (excludes halogenated alkanes) is 1. The summed E-state index contributed by atoms with van der Waals surface area (Å²) >= 11 is 0. The van der Waals surface area contributed by atoms with E-state index in [4.69, 9.17) is 26.7 Å². The van der Waals surface area contributed by atoms with Crippen LogP contribution in [0, 0.1) is 12.8 Å². The van der Waals surface area contributed by atoms with Crippen LogP contribution in [-0.4, -0.2) is 89.2 Å². The van der Waals surface area contributed by atoms with Gasteiger partial charge in [0, 0.05) is 37.9 Å². The molecular formula is C42H62N8O9. The fourth-order valence-electron chi connectivity index (χ4n) is 6.70. The van der Waals surface area contributed by atoms with Crippen LogP contribution in [0.2, 0.25) is 0 Å². The number of hydrogen-bond acceptors (Lipinski definition) is 10. The number of alkyl carbamates (subject to hydrolysis) is 1. The SMILES string of the molecule is Cc1cc(O)cc2c1C[C@H](NC(=O)[C@@H](CCCN=C(N)N)CC(=O)OC(C)(C)C)C(=O)N2[C@@H](CCCCNC(=O)OC(C)(C)C)C(=O)N[C@@H](Cc1ccccc1)C(N)=O. The van der Waals surface area contributed by atoms with Gasteiger partial charge in [0.05, 0.1) is 12.1 Å². The number of anilines is 1. The highest BCUT2D eigenvalue weighted by Crippen LogP contribution is 2.37. The largest absolute Gasteiger partial charge is 0.508 e. The number of phenols is 1. The Morgan fingerprint density at radius 1 is 0.915 bits per heavy atom. The van der Waals surface area contributed by atoms with E-state index in [1.54, 1.807) is 72.7 Å². The summed E-state index contributed by atoms with van der Waals surface area (Å²) in [6.07, 6.45) is 0.489. The second kappa shape index (κ2) is 21.2. The number of guanidine groups is 1. The molecule has 0 fully saturated rings. The molecule has 0 unspecified atom stereocenters. The molecule has 0 saturated carbocycles. The highest BCUT2D eigenvalue weighted by molar-refractivity contribution is 6.07. The molecule has 1 aliphatic heterocycles. The number of amides is 5. The topological polar surface area (TPSA) is 271 Å². The molecule has 1 heterocycles. The number of fused-ring (bicyclic) bond motifs is 1. The number of aryl methyl sites for hydroxylation is 1. The highest BCUT2D eigenvalue weighted by atomic mass is 16.6. The van der Waals surface area contributed by atoms with Crippen LogP contribution in [0.25, 0.3) is 0 Å². The maximum atomic E-state index is 14.7. The fourth-order valence-corrected chi connectivity index (χ4v) is 6.70. The first-order chi connectivity index (χ1) is 27.5. The summed E-state index contributed by atoms with van der Waals surface area (Å²) in [6.45, 7) is 12.5. The second-order valence-corrected chi connectivity index (χ2v) is 16.8. The number of nitrogens with one attached hydrogen (secondary N) is 3. The van der Waals surface area contributed by atoms with Crippen molar-refractivity contribution in [1.29, 1.82) is 0 Å². The minimum absolute atomic E-state index is 0.0156. The lowest BCUT2D eigenvalue weighted by Crippen LogP contribution is -2.61. The van der Waals surface area contributed by atoms with Crippen molar-refractivity contribution >= 4 is 47.3 Å². The van der Waals surface area contributed by atoms with Crippen LogP contribution < -0.4 is 38.1 Å². The summed E-state index contributed by atoms with van der Waals surface area (Å²) in [4.78, 5) is 86.4. The van der Waals surface area contributed by atoms with Crippen LogP contribution in [0.15, 0.2) is 47.5 Å². The summed E-state index contributed by atoms with van der Waals surface area (Å²) in [7, 11) is 0. The number of benzene rings is 2. The van der Waals surface area contributed by atoms with E-state index in [1.807, 2.05) is 6.07 Å². The van der Waals surface area contributed by atoms with Crippen molar-refractivity contribution in [2.24, 2.45) is 28.1 Å². The molecule has 0 aromatic heterocycles. The molecule has 0 radical (unpaired) electrons. The fraction of sp³-hybridized carbons (Fsp3) is 0.548. The zero-order valence-electron chi connectivity index (χ0n) is 35.3. The number of esters is 1. The third-order valence-corrected chi connectivity index (χ3v) is 9.29. The minimum atomic E-state index is -1.27. The standard InChI is InChI=1S/C42H62N8O9/c1-25-20-28(51)23-33-29(25)24-31(49-36(54)27(16-13-19-46-39(44)45)22-34(52)58-41(2,3)4)38(56)50(33)32(17-11-12-18-47-40(57)59-42(5,6)7)37(55)48-30(35(43)53)21-26-14-9-8-10-15-26/h8-10,14-15,20,23,27,30-32,51H,11-13,16-19,21-22,24H2,1-7H3,(H2,43,53)(H,47,57)(H,48,55)(H,49,54)(H4,44,45,46)/t27-,30-,31-,32-/m0/s1. The number of primary amides is 1. The molecule has 3 rings (SSSR count). The molecule has 4 atom stereocenters. The Balaban J connectivity index is 2.00. The first-order valence-corrected chi connectivity index (χ1v) is 19.9. The normalized spacial score (nSPS) is 15.5. The molecule has 5 amide bonds. The predicted octanol–water partition coefficient (Wildman–Crippen LogP) is 2.75. The molecule has 59 heavy (non-hydrogen) atoms. The minimum Gasteiger partial charge on any atom is -0.508 e. The molecular weight excluding hydrogens is 761 g/mol. The van der Waals surface area contributed by atoms with Gasteiger partial charge < -0.3 is 47.7 Å². The van der Waals surface area contributed by atoms with Crippen LogP contribution >= 0.6 is 0 Å². The molecule has 0 aliphatic carbocycles. The van der Waals surface area contributed by atoms with E-state index in [1.165, 1.54) is 17.0 Å². The monoisotopic (exact) mass is 822 g/mol. The zero-order chi connectivity index (χ0) is 44.1. The number of hydrogen-bond donors (Lipinski definition) is 7. The van der Waals surface area contributed by atoms with Gasteiger partial charge in [-0.05, 0) is 103 Å². The Labute approximate surface area is 346 Å². The number of phenolic OH excluding ortho intramolecular Hbond substituents is 1. The zero-order valence-corrected chi connectivity index (χ0v) is 35.3. The van der Waals surface area contributed by atoms with E-state index < -0.39 is 70.9 Å². The van der Waals surface area contributed by atoms with Gasteiger partial charge in [-0.2, -0.15) is 0 Å². The number of rotatable bonds is 19. The first-order valence-electron chi connectivity index (χ1n) is 19.9. The van der Waals surface area contributed by atoms with Crippen LogP contribution in [0.3, 0.4) is 0 Å². The number of nitrogens with two attached hydrogens (primary N) is 3. The van der Waals surface area contributed by atoms with Crippen LogP contribution in [0.1, 0.15) is 96.8 Å². The van der Waals surface area contributed by atoms with E-state index in [-0.39, 0.29) is 62.6 Å². The molecule has 0 bridgehead atoms. The smallest absolute Gasteiger partial charge is 0.407 e. The van der Waals surface area contributed by atoms with Gasteiger partial charge in [0.15, 0.2) is 5.96 Å². The van der Waals surface area contributed by atoms with Crippen molar-refractivity contribution in [3.8, 4) is 5.75 Å².